The molecule has 0 saturated heterocycles. The molecule has 26 heavy (non-hydrogen) atoms. The van der Waals surface area contributed by atoms with Crippen molar-refractivity contribution in [1.29, 1.82) is 0 Å². The maximum atomic E-state index is 12.0. The summed E-state index contributed by atoms with van der Waals surface area (Å²) in [7, 11) is 3.14. The minimum Gasteiger partial charge on any atom is -0.497 e. The van der Waals surface area contributed by atoms with Gasteiger partial charge in [0.15, 0.2) is 0 Å². The molecule has 0 aliphatic carbocycles. The van der Waals surface area contributed by atoms with Gasteiger partial charge in [0.2, 0.25) is 0 Å². The third-order valence-corrected chi connectivity index (χ3v) is 4.97. The fourth-order valence-corrected chi connectivity index (χ4v) is 4.56. The number of halogens is 3. The van der Waals surface area contributed by atoms with E-state index in [4.69, 9.17) is 9.47 Å². The van der Waals surface area contributed by atoms with Crippen LogP contribution in [0.3, 0.4) is 0 Å². The smallest absolute Gasteiger partial charge is 0.259 e. The first-order valence-corrected chi connectivity index (χ1v) is 9.75. The van der Waals surface area contributed by atoms with Crippen molar-refractivity contribution in [1.82, 2.24) is 5.43 Å². The lowest BCUT2D eigenvalue weighted by Crippen LogP contribution is -2.26. The van der Waals surface area contributed by atoms with Gasteiger partial charge in [-0.05, 0) is 56.1 Å². The molecule has 0 aliphatic rings. The number of anilines is 1. The van der Waals surface area contributed by atoms with Gasteiger partial charge in [0.05, 0.1) is 32.7 Å². The van der Waals surface area contributed by atoms with Crippen molar-refractivity contribution in [3.05, 3.63) is 49.3 Å². The monoisotopic (exact) mass is 547 g/mol. The molecule has 0 atom stereocenters. The first-order chi connectivity index (χ1) is 12.4. The Kier molecular flexibility index (Phi) is 7.92. The van der Waals surface area contributed by atoms with Gasteiger partial charge in [-0.3, -0.25) is 4.79 Å². The predicted octanol–water partition coefficient (Wildman–Crippen LogP) is 4.55. The van der Waals surface area contributed by atoms with E-state index in [1.54, 1.807) is 32.4 Å². The summed E-state index contributed by atoms with van der Waals surface area (Å²) < 4.78 is 13.0. The number of carbonyl (C=O) groups excluding carboxylic acids is 1. The Hall–Kier alpha value is -1.58. The van der Waals surface area contributed by atoms with Crippen LogP contribution in [0.1, 0.15) is 5.56 Å². The summed E-state index contributed by atoms with van der Waals surface area (Å²) in [6.07, 6.45) is 1.52. The summed E-state index contributed by atoms with van der Waals surface area (Å²) in [5.74, 6) is 0.997. The van der Waals surface area contributed by atoms with Gasteiger partial charge >= 0.3 is 0 Å². The molecule has 0 heterocycles. The number of nitrogens with one attached hydrogen (secondary N) is 2. The van der Waals surface area contributed by atoms with Crippen molar-refractivity contribution in [2.75, 3.05) is 26.1 Å². The highest BCUT2D eigenvalue weighted by molar-refractivity contribution is 9.11. The summed E-state index contributed by atoms with van der Waals surface area (Å²) in [4.78, 5) is 12.0. The third-order valence-electron chi connectivity index (χ3n) is 3.27. The zero-order valence-electron chi connectivity index (χ0n) is 14.0. The largest absolute Gasteiger partial charge is 0.497 e. The molecule has 6 nitrogen and oxygen atoms in total. The van der Waals surface area contributed by atoms with E-state index in [1.165, 1.54) is 6.21 Å². The number of rotatable bonds is 7. The van der Waals surface area contributed by atoms with Crippen molar-refractivity contribution < 1.29 is 14.3 Å². The second kappa shape index (κ2) is 9.94. The highest BCUT2D eigenvalue weighted by Crippen LogP contribution is 2.34. The normalized spacial score (nSPS) is 10.7. The Balaban J connectivity index is 1.94. The van der Waals surface area contributed by atoms with E-state index in [-0.39, 0.29) is 12.5 Å². The zero-order chi connectivity index (χ0) is 19.1. The number of methoxy groups -OCH3 is 2. The molecule has 2 aromatic rings. The SMILES string of the molecule is COc1ccc(/C=N\NC(=O)CNc2c(Br)cc(Br)cc2Br)c(OC)c1. The summed E-state index contributed by atoms with van der Waals surface area (Å²) in [5, 5.41) is 7.01. The molecule has 0 radical (unpaired) electrons. The number of ether oxygens (including phenoxy) is 2. The van der Waals surface area contributed by atoms with Gasteiger partial charge in [0.25, 0.3) is 5.91 Å². The maximum Gasteiger partial charge on any atom is 0.259 e. The van der Waals surface area contributed by atoms with Crippen LogP contribution in [0.2, 0.25) is 0 Å². The van der Waals surface area contributed by atoms with Gasteiger partial charge in [-0.15, -0.1) is 0 Å². The lowest BCUT2D eigenvalue weighted by Gasteiger charge is -2.10. The van der Waals surface area contributed by atoms with Crippen LogP contribution >= 0.6 is 47.8 Å². The maximum absolute atomic E-state index is 12.0. The Labute approximate surface area is 176 Å². The highest BCUT2D eigenvalue weighted by Gasteiger charge is 2.08. The Bertz CT molecular complexity index is 805. The van der Waals surface area contributed by atoms with Gasteiger partial charge in [0, 0.05) is 25.0 Å². The van der Waals surface area contributed by atoms with Crippen LogP contribution in [0, 0.1) is 0 Å². The molecule has 2 N–H and O–H groups in total. The van der Waals surface area contributed by atoms with Gasteiger partial charge in [0.1, 0.15) is 11.5 Å². The summed E-state index contributed by atoms with van der Waals surface area (Å²) in [6.45, 7) is 0.0654. The van der Waals surface area contributed by atoms with Gasteiger partial charge < -0.3 is 14.8 Å². The van der Waals surface area contributed by atoms with Crippen LogP contribution in [0.4, 0.5) is 5.69 Å². The van der Waals surface area contributed by atoms with Crippen LogP contribution < -0.4 is 20.2 Å². The first kappa shape index (κ1) is 20.7. The lowest BCUT2D eigenvalue weighted by atomic mass is 10.2. The van der Waals surface area contributed by atoms with E-state index in [0.29, 0.717) is 11.5 Å². The number of benzene rings is 2. The lowest BCUT2D eigenvalue weighted by molar-refractivity contribution is -0.119. The zero-order valence-corrected chi connectivity index (χ0v) is 18.7. The van der Waals surface area contributed by atoms with Gasteiger partial charge in [-0.25, -0.2) is 5.43 Å². The molecule has 9 heteroatoms. The summed E-state index contributed by atoms with van der Waals surface area (Å²) in [6, 6.07) is 9.10. The fourth-order valence-electron chi connectivity index (χ4n) is 2.02. The molecule has 2 aromatic carbocycles. The number of hydrazone groups is 1. The highest BCUT2D eigenvalue weighted by atomic mass is 79.9. The second-order valence-corrected chi connectivity index (χ2v) is 7.62. The van der Waals surface area contributed by atoms with Gasteiger partial charge in [-0.1, -0.05) is 15.9 Å². The van der Waals surface area contributed by atoms with E-state index in [9.17, 15) is 4.79 Å². The third kappa shape index (κ3) is 5.72. The molecule has 0 saturated carbocycles. The molecule has 2 rings (SSSR count). The van der Waals surface area contributed by atoms with Crippen molar-refractivity contribution in [2.45, 2.75) is 0 Å². The van der Waals surface area contributed by atoms with E-state index in [1.807, 2.05) is 12.1 Å². The fraction of sp³-hybridized carbons (Fsp3) is 0.176. The Morgan fingerprint density at radius 2 is 1.81 bits per heavy atom. The Morgan fingerprint density at radius 1 is 1.12 bits per heavy atom. The second-order valence-electron chi connectivity index (χ2n) is 5.00. The Morgan fingerprint density at radius 3 is 2.42 bits per heavy atom. The number of nitrogens with zero attached hydrogens (tertiary/aromatic N) is 1. The minimum atomic E-state index is -0.282. The van der Waals surface area contributed by atoms with Crippen LogP contribution in [-0.2, 0) is 4.79 Å². The average Bonchev–Trinajstić information content (AvgIpc) is 2.61. The van der Waals surface area contributed by atoms with E-state index in [0.717, 1.165) is 24.7 Å². The molecule has 138 valence electrons. The van der Waals surface area contributed by atoms with Gasteiger partial charge in [-0.2, -0.15) is 5.10 Å². The van der Waals surface area contributed by atoms with E-state index < -0.39 is 0 Å². The van der Waals surface area contributed by atoms with Crippen LogP contribution in [0.25, 0.3) is 0 Å². The molecular weight excluding hydrogens is 534 g/mol. The number of amides is 1. The molecule has 1 amide bonds. The summed E-state index contributed by atoms with van der Waals surface area (Å²) >= 11 is 10.3. The minimum absolute atomic E-state index is 0.0654. The molecule has 0 bridgehead atoms. The van der Waals surface area contributed by atoms with Crippen molar-refractivity contribution >= 4 is 65.6 Å². The molecule has 0 fully saturated rings. The van der Waals surface area contributed by atoms with Crippen LogP contribution in [0.5, 0.6) is 11.5 Å². The number of hydrogen-bond acceptors (Lipinski definition) is 5. The van der Waals surface area contributed by atoms with E-state index in [2.05, 4.69) is 63.6 Å². The van der Waals surface area contributed by atoms with Crippen molar-refractivity contribution in [2.24, 2.45) is 5.10 Å². The topological polar surface area (TPSA) is 72.0 Å². The molecule has 0 aliphatic heterocycles. The molecule has 0 unspecified atom stereocenters. The van der Waals surface area contributed by atoms with Crippen molar-refractivity contribution in [3.63, 3.8) is 0 Å². The molecule has 0 spiro atoms. The predicted molar refractivity (Wildman–Crippen MR) is 113 cm³/mol. The van der Waals surface area contributed by atoms with E-state index >= 15 is 0 Å². The first-order valence-electron chi connectivity index (χ1n) is 7.37. The van der Waals surface area contributed by atoms with Crippen LogP contribution in [-0.4, -0.2) is 32.9 Å². The number of hydrogen-bond donors (Lipinski definition) is 2. The summed E-state index contributed by atoms with van der Waals surface area (Å²) in [5.41, 5.74) is 3.98. The van der Waals surface area contributed by atoms with Crippen molar-refractivity contribution in [3.8, 4) is 11.5 Å². The molecule has 0 aromatic heterocycles. The van der Waals surface area contributed by atoms with Crippen LogP contribution in [0.15, 0.2) is 48.9 Å². The average molecular weight is 550 g/mol. The standard InChI is InChI=1S/C17H16Br3N3O3/c1-25-12-4-3-10(15(7-12)26-2)8-22-23-16(24)9-21-17-13(19)5-11(18)6-14(17)20/h3-8,21H,9H2,1-2H3,(H,23,24)/b22-8-. The number of carbonyl (C=O) groups is 1. The quantitative estimate of drug-likeness (QED) is 0.392. The molecular formula is C17H16Br3N3O3.